The van der Waals surface area contributed by atoms with Gasteiger partial charge < -0.3 is 4.21 Å². The van der Waals surface area contributed by atoms with E-state index in [1.54, 1.807) is 0 Å². The lowest BCUT2D eigenvalue weighted by Crippen LogP contribution is -2.06. The molecule has 0 saturated heterocycles. The molecule has 0 aromatic carbocycles. The zero-order valence-electron chi connectivity index (χ0n) is 10.9. The first-order valence-electron chi connectivity index (χ1n) is 6.76. The van der Waals surface area contributed by atoms with E-state index < -0.39 is 9.36 Å². The molecule has 0 aliphatic rings. The molecule has 0 aliphatic heterocycles. The third-order valence-electron chi connectivity index (χ3n) is 3.03. The highest BCUT2D eigenvalue weighted by Gasteiger charge is 2.03. The lowest BCUT2D eigenvalue weighted by atomic mass is 9.98. The van der Waals surface area contributed by atoms with Crippen LogP contribution in [0.2, 0.25) is 0 Å². The Bertz CT molecular complexity index is 204. The monoisotopic (exact) mass is 263 g/mol. The van der Waals surface area contributed by atoms with E-state index in [1.165, 1.54) is 57.8 Å². The molecule has 0 amide bonds. The van der Waals surface area contributed by atoms with Crippen molar-refractivity contribution in [3.05, 3.63) is 0 Å². The van der Waals surface area contributed by atoms with Crippen molar-refractivity contribution in [1.82, 2.24) is 0 Å². The molecule has 0 N–H and O–H groups in total. The summed E-state index contributed by atoms with van der Waals surface area (Å²) in [5.41, 5.74) is 0. The SMILES string of the molecule is CCCCCCCCC(CCC)C[S-](=O)=S. The molecule has 0 heterocycles. The molecule has 16 heavy (non-hydrogen) atoms. The third kappa shape index (κ3) is 10.9. The van der Waals surface area contributed by atoms with Crippen LogP contribution in [0.15, 0.2) is 0 Å². The van der Waals surface area contributed by atoms with Gasteiger partial charge in [-0.25, -0.2) is 20.5 Å². The van der Waals surface area contributed by atoms with Crippen LogP contribution in [0.3, 0.4) is 0 Å². The maximum absolute atomic E-state index is 11.0. The van der Waals surface area contributed by atoms with E-state index in [1.807, 2.05) is 0 Å². The first kappa shape index (κ1) is 16.4. The van der Waals surface area contributed by atoms with E-state index in [2.05, 4.69) is 13.8 Å². The Hall–Kier alpha value is 0.370. The van der Waals surface area contributed by atoms with Gasteiger partial charge in [0.05, 0.1) is 0 Å². The Morgan fingerprint density at radius 2 is 1.56 bits per heavy atom. The molecule has 0 spiro atoms. The molecule has 0 aromatic rings. The average Bonchev–Trinajstić information content (AvgIpc) is 2.22. The fourth-order valence-electron chi connectivity index (χ4n) is 2.13. The van der Waals surface area contributed by atoms with Crippen LogP contribution >= 0.6 is 0 Å². The van der Waals surface area contributed by atoms with Crippen LogP contribution in [0.25, 0.3) is 0 Å². The molecule has 98 valence electrons. The Kier molecular flexibility index (Phi) is 12.1. The molecule has 0 radical (unpaired) electrons. The molecule has 0 aliphatic carbocycles. The number of hydrogen-bond acceptors (Lipinski definition) is 3. The zero-order chi connectivity index (χ0) is 12.2. The molecule has 1 nitrogen and oxygen atoms in total. The van der Waals surface area contributed by atoms with Gasteiger partial charge in [0.2, 0.25) is 0 Å². The predicted molar refractivity (Wildman–Crippen MR) is 76.7 cm³/mol. The molecular formula is C13H27OS2-. The normalized spacial score (nSPS) is 13.2. The summed E-state index contributed by atoms with van der Waals surface area (Å²) in [5, 5.41) is 0. The summed E-state index contributed by atoms with van der Waals surface area (Å²) < 4.78 is 11.0. The van der Waals surface area contributed by atoms with Crippen molar-refractivity contribution in [2.45, 2.75) is 71.6 Å². The van der Waals surface area contributed by atoms with Crippen molar-refractivity contribution in [3.8, 4) is 0 Å². The van der Waals surface area contributed by atoms with Gasteiger partial charge >= 0.3 is 0 Å². The Balaban J connectivity index is 3.51. The van der Waals surface area contributed by atoms with E-state index in [0.717, 1.165) is 5.75 Å². The molecule has 0 bridgehead atoms. The van der Waals surface area contributed by atoms with E-state index >= 15 is 0 Å². The van der Waals surface area contributed by atoms with Crippen LogP contribution in [0.4, 0.5) is 0 Å². The fourth-order valence-corrected chi connectivity index (χ4v) is 3.42. The Morgan fingerprint density at radius 1 is 0.938 bits per heavy atom. The smallest absolute Gasteiger partial charge is 0.0521 e. The second-order valence-electron chi connectivity index (χ2n) is 4.68. The lowest BCUT2D eigenvalue weighted by Gasteiger charge is -2.17. The Labute approximate surface area is 108 Å². The highest BCUT2D eigenvalue weighted by Crippen LogP contribution is 2.17. The first-order valence-corrected chi connectivity index (χ1v) is 9.00. The first-order chi connectivity index (χ1) is 7.70. The van der Waals surface area contributed by atoms with E-state index in [-0.39, 0.29) is 0 Å². The van der Waals surface area contributed by atoms with Gasteiger partial charge in [0.15, 0.2) is 0 Å². The zero-order valence-corrected chi connectivity index (χ0v) is 12.5. The van der Waals surface area contributed by atoms with Crippen LogP contribution in [-0.2, 0) is 24.8 Å². The molecule has 1 unspecified atom stereocenters. The van der Waals surface area contributed by atoms with Gasteiger partial charge in [-0.05, 0) is 0 Å². The van der Waals surface area contributed by atoms with E-state index in [9.17, 15) is 4.21 Å². The molecule has 1 atom stereocenters. The lowest BCUT2D eigenvalue weighted by molar-refractivity contribution is 0.454. The maximum atomic E-state index is 11.0. The van der Waals surface area contributed by atoms with Crippen molar-refractivity contribution >= 4 is 20.5 Å². The largest absolute Gasteiger partial charge is 0.451 e. The van der Waals surface area contributed by atoms with Crippen molar-refractivity contribution in [2.75, 3.05) is 5.75 Å². The second kappa shape index (κ2) is 11.8. The van der Waals surface area contributed by atoms with Crippen molar-refractivity contribution in [3.63, 3.8) is 0 Å². The van der Waals surface area contributed by atoms with Crippen LogP contribution in [0.5, 0.6) is 0 Å². The predicted octanol–water partition coefficient (Wildman–Crippen LogP) is 4.58. The van der Waals surface area contributed by atoms with Crippen LogP contribution in [0.1, 0.15) is 71.6 Å². The van der Waals surface area contributed by atoms with Gasteiger partial charge in [0, 0.05) is 0 Å². The topological polar surface area (TPSA) is 17.1 Å². The van der Waals surface area contributed by atoms with E-state index in [0.29, 0.717) is 5.92 Å². The molecule has 0 aromatic heterocycles. The summed E-state index contributed by atoms with van der Waals surface area (Å²) in [6.45, 7) is 4.44. The van der Waals surface area contributed by atoms with Gasteiger partial charge in [0.25, 0.3) is 0 Å². The number of rotatable bonds is 11. The summed E-state index contributed by atoms with van der Waals surface area (Å²) in [4.78, 5) is 0. The minimum absolute atomic E-state index is 0.606. The summed E-state index contributed by atoms with van der Waals surface area (Å²) in [7, 11) is -1.02. The summed E-state index contributed by atoms with van der Waals surface area (Å²) in [6.07, 6.45) is 11.7. The van der Waals surface area contributed by atoms with Crippen molar-refractivity contribution in [1.29, 1.82) is 0 Å². The van der Waals surface area contributed by atoms with Gasteiger partial charge in [-0.2, -0.15) is 0 Å². The van der Waals surface area contributed by atoms with Crippen LogP contribution in [-0.4, -0.2) is 5.75 Å². The quantitative estimate of drug-likeness (QED) is 0.401. The van der Waals surface area contributed by atoms with Gasteiger partial charge in [-0.1, -0.05) is 83.3 Å². The van der Waals surface area contributed by atoms with Crippen molar-refractivity contribution < 1.29 is 4.21 Å². The van der Waals surface area contributed by atoms with Crippen molar-refractivity contribution in [2.24, 2.45) is 5.92 Å². The third-order valence-corrected chi connectivity index (χ3v) is 4.19. The summed E-state index contributed by atoms with van der Waals surface area (Å²) >= 11 is 4.78. The van der Waals surface area contributed by atoms with Gasteiger partial charge in [-0.15, -0.1) is 0 Å². The summed E-state index contributed by atoms with van der Waals surface area (Å²) in [6, 6.07) is 0. The maximum Gasteiger partial charge on any atom is -0.0521 e. The molecular weight excluding hydrogens is 236 g/mol. The Morgan fingerprint density at radius 3 is 2.12 bits per heavy atom. The highest BCUT2D eigenvalue weighted by atomic mass is 32.8. The van der Waals surface area contributed by atoms with Crippen LogP contribution in [0, 0.1) is 5.92 Å². The van der Waals surface area contributed by atoms with Gasteiger partial charge in [0.1, 0.15) is 0 Å². The van der Waals surface area contributed by atoms with E-state index in [4.69, 9.17) is 11.2 Å². The number of hydrogen-bond donors (Lipinski definition) is 0. The standard InChI is InChI=1S/C13H27OS2/c1-3-5-6-7-8-9-11-13(10-4-2)12-16(14)15/h13H,3-12H2,1-2H3/q-1. The average molecular weight is 263 g/mol. The second-order valence-corrected chi connectivity index (χ2v) is 6.74. The fraction of sp³-hybridized carbons (Fsp3) is 1.00. The number of unbranched alkanes of at least 4 members (excludes halogenated alkanes) is 5. The summed E-state index contributed by atoms with van der Waals surface area (Å²) in [5.74, 6) is 1.34. The minimum atomic E-state index is -1.02. The molecule has 0 saturated carbocycles. The van der Waals surface area contributed by atoms with Gasteiger partial charge in [-0.3, -0.25) is 0 Å². The molecule has 3 heteroatoms. The highest BCUT2D eigenvalue weighted by molar-refractivity contribution is 8.21. The van der Waals surface area contributed by atoms with Crippen LogP contribution < -0.4 is 0 Å². The minimum Gasteiger partial charge on any atom is -0.451 e. The molecule has 0 fully saturated rings. The molecule has 0 rings (SSSR count).